The standard InChI is InChI=1S/C18H14FN3O2/c19-13-3-5-14(6-4-13)22-18(24)17-10-15(20-11-21-17)9-12-1-7-16(23)8-2-12/h1-8,10-11,23H,9H2,(H,22,24). The second-order valence-electron chi connectivity index (χ2n) is 5.20. The Hall–Kier alpha value is -3.28. The molecule has 0 spiro atoms. The summed E-state index contributed by atoms with van der Waals surface area (Å²) in [5.41, 5.74) is 2.35. The van der Waals surface area contributed by atoms with Crippen LogP contribution in [0.5, 0.6) is 5.75 Å². The Morgan fingerprint density at radius 3 is 2.46 bits per heavy atom. The molecule has 0 fully saturated rings. The van der Waals surface area contributed by atoms with Gasteiger partial charge >= 0.3 is 0 Å². The molecule has 0 aliphatic heterocycles. The van der Waals surface area contributed by atoms with Gasteiger partial charge in [-0.15, -0.1) is 0 Å². The first kappa shape index (κ1) is 15.6. The van der Waals surface area contributed by atoms with Gasteiger partial charge in [0.15, 0.2) is 0 Å². The summed E-state index contributed by atoms with van der Waals surface area (Å²) in [4.78, 5) is 20.3. The molecule has 1 amide bonds. The van der Waals surface area contributed by atoms with Crippen LogP contribution in [0.4, 0.5) is 10.1 Å². The number of benzene rings is 2. The van der Waals surface area contributed by atoms with E-state index in [0.717, 1.165) is 5.56 Å². The van der Waals surface area contributed by atoms with Crippen LogP contribution in [0.15, 0.2) is 60.9 Å². The second kappa shape index (κ2) is 6.87. The minimum absolute atomic E-state index is 0.195. The highest BCUT2D eigenvalue weighted by Gasteiger charge is 2.10. The number of aromatic nitrogens is 2. The van der Waals surface area contributed by atoms with Gasteiger partial charge in [-0.1, -0.05) is 12.1 Å². The summed E-state index contributed by atoms with van der Waals surface area (Å²) in [6, 6.07) is 13.9. The lowest BCUT2D eigenvalue weighted by Crippen LogP contribution is -2.14. The number of hydrogen-bond acceptors (Lipinski definition) is 4. The first-order valence-corrected chi connectivity index (χ1v) is 7.26. The zero-order valence-electron chi connectivity index (χ0n) is 12.6. The molecule has 2 aromatic carbocycles. The SMILES string of the molecule is O=C(Nc1ccc(F)cc1)c1cc(Cc2ccc(O)cc2)ncn1. The molecule has 0 radical (unpaired) electrons. The van der Waals surface area contributed by atoms with Crippen LogP contribution in [0.25, 0.3) is 0 Å². The maximum atomic E-state index is 12.9. The third-order valence-corrected chi connectivity index (χ3v) is 3.38. The number of nitrogens with one attached hydrogen (secondary N) is 1. The first-order valence-electron chi connectivity index (χ1n) is 7.26. The molecule has 3 rings (SSSR count). The summed E-state index contributed by atoms with van der Waals surface area (Å²) in [5, 5.41) is 11.9. The molecule has 6 heteroatoms. The van der Waals surface area contributed by atoms with Crippen molar-refractivity contribution in [2.24, 2.45) is 0 Å². The number of phenolic OH excluding ortho intramolecular Hbond substituents is 1. The number of rotatable bonds is 4. The quantitative estimate of drug-likeness (QED) is 0.773. The Bertz CT molecular complexity index is 849. The molecular weight excluding hydrogens is 309 g/mol. The van der Waals surface area contributed by atoms with Crippen LogP contribution in [0.2, 0.25) is 0 Å². The van der Waals surface area contributed by atoms with Gasteiger partial charge in [0, 0.05) is 17.8 Å². The summed E-state index contributed by atoms with van der Waals surface area (Å²) in [7, 11) is 0. The van der Waals surface area contributed by atoms with Gasteiger partial charge in [-0.3, -0.25) is 4.79 Å². The number of nitrogens with zero attached hydrogens (tertiary/aromatic N) is 2. The van der Waals surface area contributed by atoms with Gasteiger partial charge in [0.1, 0.15) is 23.6 Å². The van der Waals surface area contributed by atoms with Crippen LogP contribution in [-0.2, 0) is 6.42 Å². The maximum Gasteiger partial charge on any atom is 0.274 e. The molecule has 120 valence electrons. The monoisotopic (exact) mass is 323 g/mol. The molecular formula is C18H14FN3O2. The Balaban J connectivity index is 1.73. The molecule has 0 bridgehead atoms. The van der Waals surface area contributed by atoms with Crippen LogP contribution >= 0.6 is 0 Å². The minimum Gasteiger partial charge on any atom is -0.508 e. The lowest BCUT2D eigenvalue weighted by atomic mass is 10.1. The van der Waals surface area contributed by atoms with Crippen molar-refractivity contribution in [3.05, 3.63) is 83.7 Å². The maximum absolute atomic E-state index is 12.9. The first-order chi connectivity index (χ1) is 11.6. The van der Waals surface area contributed by atoms with Crippen molar-refractivity contribution in [2.45, 2.75) is 6.42 Å². The van der Waals surface area contributed by atoms with Crippen molar-refractivity contribution >= 4 is 11.6 Å². The number of anilines is 1. The van der Waals surface area contributed by atoms with E-state index in [1.54, 1.807) is 30.3 Å². The Labute approximate surface area is 137 Å². The summed E-state index contributed by atoms with van der Waals surface area (Å²) < 4.78 is 12.9. The van der Waals surface area contributed by atoms with Gasteiger partial charge in [0.25, 0.3) is 5.91 Å². The molecule has 0 saturated heterocycles. The third-order valence-electron chi connectivity index (χ3n) is 3.38. The van der Waals surface area contributed by atoms with Crippen molar-refractivity contribution in [1.29, 1.82) is 0 Å². The van der Waals surface area contributed by atoms with Crippen molar-refractivity contribution in [3.63, 3.8) is 0 Å². The van der Waals surface area contributed by atoms with Gasteiger partial charge in [0.2, 0.25) is 0 Å². The molecule has 1 aromatic heterocycles. The average molecular weight is 323 g/mol. The Morgan fingerprint density at radius 2 is 1.75 bits per heavy atom. The number of carbonyl (C=O) groups is 1. The van der Waals surface area contributed by atoms with Crippen LogP contribution < -0.4 is 5.32 Å². The molecule has 0 unspecified atom stereocenters. The van der Waals surface area contributed by atoms with Crippen molar-refractivity contribution in [3.8, 4) is 5.75 Å². The van der Waals surface area contributed by atoms with E-state index in [1.807, 2.05) is 0 Å². The number of carbonyl (C=O) groups excluding carboxylic acids is 1. The number of aromatic hydroxyl groups is 1. The molecule has 5 nitrogen and oxygen atoms in total. The summed E-state index contributed by atoms with van der Waals surface area (Å²) in [5.74, 6) is -0.567. The highest BCUT2D eigenvalue weighted by atomic mass is 19.1. The molecule has 1 heterocycles. The van der Waals surface area contributed by atoms with E-state index >= 15 is 0 Å². The van der Waals surface area contributed by atoms with E-state index in [0.29, 0.717) is 17.8 Å². The van der Waals surface area contributed by atoms with E-state index in [9.17, 15) is 14.3 Å². The van der Waals surface area contributed by atoms with E-state index in [4.69, 9.17) is 0 Å². The highest BCUT2D eigenvalue weighted by Crippen LogP contribution is 2.14. The van der Waals surface area contributed by atoms with E-state index in [2.05, 4.69) is 15.3 Å². The molecule has 0 aliphatic carbocycles. The zero-order chi connectivity index (χ0) is 16.9. The van der Waals surface area contributed by atoms with E-state index in [1.165, 1.54) is 30.6 Å². The summed E-state index contributed by atoms with van der Waals surface area (Å²) in [6.45, 7) is 0. The average Bonchev–Trinajstić information content (AvgIpc) is 2.59. The molecule has 24 heavy (non-hydrogen) atoms. The lowest BCUT2D eigenvalue weighted by molar-refractivity contribution is 0.102. The van der Waals surface area contributed by atoms with Crippen molar-refractivity contribution in [1.82, 2.24) is 9.97 Å². The fourth-order valence-electron chi connectivity index (χ4n) is 2.17. The Morgan fingerprint density at radius 1 is 1.04 bits per heavy atom. The number of phenols is 1. The summed E-state index contributed by atoms with van der Waals surface area (Å²) >= 11 is 0. The molecule has 0 saturated carbocycles. The second-order valence-corrected chi connectivity index (χ2v) is 5.20. The smallest absolute Gasteiger partial charge is 0.274 e. The molecule has 0 aliphatic rings. The van der Waals surface area contributed by atoms with E-state index < -0.39 is 5.91 Å². The number of hydrogen-bond donors (Lipinski definition) is 2. The summed E-state index contributed by atoms with van der Waals surface area (Å²) in [6.07, 6.45) is 1.84. The van der Waals surface area contributed by atoms with Crippen LogP contribution in [0.1, 0.15) is 21.7 Å². The lowest BCUT2D eigenvalue weighted by Gasteiger charge is -2.06. The van der Waals surface area contributed by atoms with Gasteiger partial charge in [-0.25, -0.2) is 14.4 Å². The van der Waals surface area contributed by atoms with E-state index in [-0.39, 0.29) is 17.3 Å². The predicted molar refractivity (Wildman–Crippen MR) is 87.3 cm³/mol. The fraction of sp³-hybridized carbons (Fsp3) is 0.0556. The van der Waals surface area contributed by atoms with Gasteiger partial charge in [-0.05, 0) is 48.0 Å². The number of amides is 1. The van der Waals surface area contributed by atoms with Crippen molar-refractivity contribution in [2.75, 3.05) is 5.32 Å². The Kier molecular flexibility index (Phi) is 4.47. The predicted octanol–water partition coefficient (Wildman–Crippen LogP) is 3.16. The van der Waals surface area contributed by atoms with Gasteiger partial charge in [0.05, 0.1) is 0 Å². The molecule has 2 N–H and O–H groups in total. The van der Waals surface area contributed by atoms with Crippen LogP contribution in [-0.4, -0.2) is 21.0 Å². The normalized spacial score (nSPS) is 10.4. The van der Waals surface area contributed by atoms with Crippen molar-refractivity contribution < 1.29 is 14.3 Å². The van der Waals surface area contributed by atoms with Crippen LogP contribution in [0.3, 0.4) is 0 Å². The minimum atomic E-state index is -0.393. The molecule has 0 atom stereocenters. The van der Waals surface area contributed by atoms with Crippen LogP contribution in [0, 0.1) is 5.82 Å². The highest BCUT2D eigenvalue weighted by molar-refractivity contribution is 6.02. The zero-order valence-corrected chi connectivity index (χ0v) is 12.6. The largest absolute Gasteiger partial charge is 0.508 e. The topological polar surface area (TPSA) is 75.1 Å². The van der Waals surface area contributed by atoms with Gasteiger partial charge in [-0.2, -0.15) is 0 Å². The number of halogens is 1. The van der Waals surface area contributed by atoms with Gasteiger partial charge < -0.3 is 10.4 Å². The fourth-order valence-corrected chi connectivity index (χ4v) is 2.17. The molecule has 3 aromatic rings. The third kappa shape index (κ3) is 3.92.